The second-order valence-corrected chi connectivity index (χ2v) is 15.0. The summed E-state index contributed by atoms with van der Waals surface area (Å²) >= 11 is 12.7. The normalized spacial score (nSPS) is 14.1. The van der Waals surface area contributed by atoms with Crippen LogP contribution in [0.1, 0.15) is 48.8 Å². The highest BCUT2D eigenvalue weighted by Gasteiger charge is 2.35. The van der Waals surface area contributed by atoms with Crippen molar-refractivity contribution in [3.05, 3.63) is 124 Å². The Morgan fingerprint density at radius 3 is 2.18 bits per heavy atom. The molecule has 0 aromatic heterocycles. The number of carbonyl (C=O) groups excluding carboxylic acids is 2. The van der Waals surface area contributed by atoms with Gasteiger partial charge in [-0.2, -0.15) is 0 Å². The van der Waals surface area contributed by atoms with Crippen LogP contribution in [0.15, 0.2) is 102 Å². The third-order valence-corrected chi connectivity index (χ3v) is 11.1. The quantitative estimate of drug-likeness (QED) is 0.154. The zero-order valence-electron chi connectivity index (χ0n) is 27.6. The Morgan fingerprint density at radius 2 is 1.55 bits per heavy atom. The van der Waals surface area contributed by atoms with Gasteiger partial charge in [0.05, 0.1) is 22.7 Å². The number of nitrogens with zero attached hydrogens (tertiary/aromatic N) is 2. The number of halogens is 2. The van der Waals surface area contributed by atoms with Crippen LogP contribution in [0.2, 0.25) is 10.0 Å². The van der Waals surface area contributed by atoms with Crippen LogP contribution in [-0.4, -0.2) is 50.9 Å². The highest BCUT2D eigenvalue weighted by Crippen LogP contribution is 2.32. The number of nitrogens with one attached hydrogen (secondary N) is 1. The summed E-state index contributed by atoms with van der Waals surface area (Å²) < 4.78 is 35.0. The van der Waals surface area contributed by atoms with Gasteiger partial charge in [-0.15, -0.1) is 0 Å². The monoisotopic (exact) mass is 721 g/mol. The van der Waals surface area contributed by atoms with E-state index in [1.54, 1.807) is 48.5 Å². The highest BCUT2D eigenvalue weighted by molar-refractivity contribution is 7.92. The van der Waals surface area contributed by atoms with E-state index in [9.17, 15) is 18.0 Å². The van der Waals surface area contributed by atoms with Gasteiger partial charge >= 0.3 is 0 Å². The Hall–Kier alpha value is -4.05. The molecule has 0 radical (unpaired) electrons. The van der Waals surface area contributed by atoms with E-state index in [1.807, 2.05) is 37.3 Å². The van der Waals surface area contributed by atoms with Gasteiger partial charge in [0.15, 0.2) is 0 Å². The maximum Gasteiger partial charge on any atom is 0.264 e. The predicted octanol–water partition coefficient (Wildman–Crippen LogP) is 7.59. The van der Waals surface area contributed by atoms with Gasteiger partial charge in [0.25, 0.3) is 10.0 Å². The number of hydrogen-bond acceptors (Lipinski definition) is 5. The van der Waals surface area contributed by atoms with Gasteiger partial charge in [0.2, 0.25) is 11.8 Å². The van der Waals surface area contributed by atoms with E-state index < -0.39 is 28.5 Å². The van der Waals surface area contributed by atoms with Gasteiger partial charge < -0.3 is 15.0 Å². The van der Waals surface area contributed by atoms with Crippen LogP contribution in [0.3, 0.4) is 0 Å². The minimum absolute atomic E-state index is 0.00635. The van der Waals surface area contributed by atoms with E-state index >= 15 is 0 Å². The lowest BCUT2D eigenvalue weighted by molar-refractivity contribution is -0.140. The first-order valence-electron chi connectivity index (χ1n) is 16.4. The smallest absolute Gasteiger partial charge is 0.264 e. The molecular weight excluding hydrogens is 681 g/mol. The van der Waals surface area contributed by atoms with Crippen molar-refractivity contribution in [3.63, 3.8) is 0 Å². The van der Waals surface area contributed by atoms with Crippen LogP contribution in [0, 0.1) is 6.92 Å². The molecule has 0 aliphatic heterocycles. The maximum absolute atomic E-state index is 14.7. The number of carbonyl (C=O) groups is 2. The first kappa shape index (κ1) is 36.2. The first-order chi connectivity index (χ1) is 23.5. The fourth-order valence-corrected chi connectivity index (χ4v) is 7.85. The summed E-state index contributed by atoms with van der Waals surface area (Å²) in [6, 6.07) is 26.6. The molecule has 0 saturated heterocycles. The summed E-state index contributed by atoms with van der Waals surface area (Å²) in [5.41, 5.74) is 2.67. The molecule has 0 heterocycles. The molecule has 49 heavy (non-hydrogen) atoms. The minimum atomic E-state index is -4.27. The van der Waals surface area contributed by atoms with Crippen molar-refractivity contribution in [2.75, 3.05) is 18.0 Å². The molecule has 2 amide bonds. The molecule has 5 rings (SSSR count). The van der Waals surface area contributed by atoms with Crippen molar-refractivity contribution >= 4 is 50.7 Å². The topological polar surface area (TPSA) is 96.0 Å². The Kier molecular flexibility index (Phi) is 12.3. The SMILES string of the molecule is COc1ccc(N(CC(=O)N(Cc2ccc(Cl)cc2)[C@H](Cc2ccccc2)C(=O)NC2CCCCC2)S(=O)(=O)c2ccc(C)cc2)cc1Cl. The van der Waals surface area contributed by atoms with Crippen molar-refractivity contribution in [1.82, 2.24) is 10.2 Å². The molecule has 11 heteroatoms. The summed E-state index contributed by atoms with van der Waals surface area (Å²) in [6.07, 6.45) is 5.15. The number of aryl methyl sites for hydroxylation is 1. The fraction of sp³-hybridized carbons (Fsp3) is 0.316. The molecule has 1 atom stereocenters. The molecule has 1 fully saturated rings. The molecular formula is C38H41Cl2N3O5S. The molecule has 0 spiro atoms. The second-order valence-electron chi connectivity index (χ2n) is 12.3. The molecule has 8 nitrogen and oxygen atoms in total. The third kappa shape index (κ3) is 9.35. The van der Waals surface area contributed by atoms with Crippen molar-refractivity contribution in [2.24, 2.45) is 0 Å². The molecule has 258 valence electrons. The number of anilines is 1. The summed E-state index contributed by atoms with van der Waals surface area (Å²) in [5, 5.41) is 3.93. The number of hydrogen-bond donors (Lipinski definition) is 1. The zero-order chi connectivity index (χ0) is 35.0. The van der Waals surface area contributed by atoms with E-state index in [4.69, 9.17) is 27.9 Å². The zero-order valence-corrected chi connectivity index (χ0v) is 30.0. The van der Waals surface area contributed by atoms with Crippen molar-refractivity contribution in [2.45, 2.75) is 69.0 Å². The minimum Gasteiger partial charge on any atom is -0.495 e. The van der Waals surface area contributed by atoms with E-state index in [-0.39, 0.29) is 40.5 Å². The van der Waals surface area contributed by atoms with Crippen molar-refractivity contribution in [1.29, 1.82) is 0 Å². The lowest BCUT2D eigenvalue weighted by Gasteiger charge is -2.35. The molecule has 4 aromatic rings. The summed E-state index contributed by atoms with van der Waals surface area (Å²) in [6.45, 7) is 1.32. The summed E-state index contributed by atoms with van der Waals surface area (Å²) in [4.78, 5) is 30.5. The Balaban J connectivity index is 1.58. The molecule has 1 aliphatic rings. The number of rotatable bonds is 13. The average Bonchev–Trinajstić information content (AvgIpc) is 3.10. The number of ether oxygens (including phenoxy) is 1. The van der Waals surface area contributed by atoms with E-state index in [0.29, 0.717) is 10.8 Å². The van der Waals surface area contributed by atoms with Gasteiger partial charge in [0, 0.05) is 24.0 Å². The predicted molar refractivity (Wildman–Crippen MR) is 195 cm³/mol. The molecule has 0 unspecified atom stereocenters. The molecule has 1 saturated carbocycles. The molecule has 1 N–H and O–H groups in total. The lowest BCUT2D eigenvalue weighted by atomic mass is 9.94. The van der Waals surface area contributed by atoms with Gasteiger partial charge in [-0.25, -0.2) is 8.42 Å². The van der Waals surface area contributed by atoms with Gasteiger partial charge in [-0.3, -0.25) is 13.9 Å². The van der Waals surface area contributed by atoms with Gasteiger partial charge in [0.1, 0.15) is 18.3 Å². The maximum atomic E-state index is 14.7. The van der Waals surface area contributed by atoms with Gasteiger partial charge in [-0.05, 0) is 73.4 Å². The number of benzene rings is 4. The van der Waals surface area contributed by atoms with Crippen molar-refractivity contribution in [3.8, 4) is 5.75 Å². The number of methoxy groups -OCH3 is 1. The van der Waals surface area contributed by atoms with Crippen LogP contribution in [0.25, 0.3) is 0 Å². The molecule has 1 aliphatic carbocycles. The van der Waals surface area contributed by atoms with Crippen LogP contribution in [-0.2, 0) is 32.6 Å². The van der Waals surface area contributed by atoms with E-state index in [0.717, 1.165) is 53.1 Å². The Bertz CT molecular complexity index is 1830. The molecule has 0 bridgehead atoms. The molecule has 4 aromatic carbocycles. The Morgan fingerprint density at radius 1 is 0.878 bits per heavy atom. The number of sulfonamides is 1. The van der Waals surface area contributed by atoms with Crippen LogP contribution >= 0.6 is 23.2 Å². The van der Waals surface area contributed by atoms with Crippen LogP contribution in [0.4, 0.5) is 5.69 Å². The van der Waals surface area contributed by atoms with E-state index in [2.05, 4.69) is 5.32 Å². The third-order valence-electron chi connectivity index (χ3n) is 8.80. The van der Waals surface area contributed by atoms with Crippen molar-refractivity contribution < 1.29 is 22.7 Å². The standard InChI is InChI=1S/C38H41Cl2N3O5S/c1-27-13-20-33(21-14-27)49(46,47)43(32-19-22-36(48-2)34(40)24-32)26-37(44)42(25-29-15-17-30(39)18-16-29)35(23-28-9-5-3-6-10-28)38(45)41-31-11-7-4-8-12-31/h3,5-6,9-10,13-22,24,31,35H,4,7-8,11-12,23,25-26H2,1-2H3,(H,41,45)/t35-/m1/s1. The highest BCUT2D eigenvalue weighted by atomic mass is 35.5. The summed E-state index contributed by atoms with van der Waals surface area (Å²) in [7, 11) is -2.81. The van der Waals surface area contributed by atoms with E-state index in [1.165, 1.54) is 30.2 Å². The van der Waals surface area contributed by atoms with Gasteiger partial charge in [-0.1, -0.05) is 103 Å². The Labute approximate surface area is 299 Å². The van der Waals surface area contributed by atoms with Crippen LogP contribution < -0.4 is 14.4 Å². The summed E-state index contributed by atoms with van der Waals surface area (Å²) in [5.74, 6) is -0.480. The fourth-order valence-electron chi connectivity index (χ4n) is 6.06. The largest absolute Gasteiger partial charge is 0.495 e. The second kappa shape index (κ2) is 16.6. The average molecular weight is 723 g/mol. The lowest BCUT2D eigenvalue weighted by Crippen LogP contribution is -2.55. The van der Waals surface area contributed by atoms with Crippen LogP contribution in [0.5, 0.6) is 5.75 Å². The number of amides is 2. The first-order valence-corrected chi connectivity index (χ1v) is 18.6.